The Morgan fingerprint density at radius 2 is 0.453 bits per heavy atom. The minimum atomic E-state index is -3.61. The summed E-state index contributed by atoms with van der Waals surface area (Å²) in [5, 5.41) is 3.51. The fraction of sp³-hybridized carbons (Fsp3) is 0.284. The van der Waals surface area contributed by atoms with Gasteiger partial charge in [-0.1, -0.05) is 291 Å². The molecule has 0 nitrogen and oxygen atoms in total. The maximum absolute atomic E-state index is 4.45. The summed E-state index contributed by atoms with van der Waals surface area (Å²) in [5.41, 5.74) is 26.7. The Kier molecular flexibility index (Phi) is 23.1. The zero-order chi connectivity index (χ0) is 58.4. The summed E-state index contributed by atoms with van der Waals surface area (Å²) in [4.78, 5) is 0. The van der Waals surface area contributed by atoms with Crippen molar-refractivity contribution in [2.75, 3.05) is 0 Å². The van der Waals surface area contributed by atoms with Gasteiger partial charge in [-0.3, -0.25) is 6.08 Å². The molecule has 86 heavy (non-hydrogen) atoms. The second-order valence-corrected chi connectivity index (χ2v) is 30.2. The minimum Gasteiger partial charge on any atom is -1.00 e. The van der Waals surface area contributed by atoms with E-state index in [1.54, 1.807) is 0 Å². The van der Waals surface area contributed by atoms with E-state index in [0.717, 1.165) is 0 Å². The van der Waals surface area contributed by atoms with Crippen LogP contribution >= 0.6 is 0 Å². The minimum absolute atomic E-state index is 0. The third kappa shape index (κ3) is 13.8. The number of hydrogen-bond donors (Lipinski definition) is 0. The van der Waals surface area contributed by atoms with Crippen molar-refractivity contribution in [2.45, 2.75) is 151 Å². The van der Waals surface area contributed by atoms with Gasteiger partial charge >= 0.3 is 21.7 Å². The molecule has 0 aromatic heterocycles. The summed E-state index contributed by atoms with van der Waals surface area (Å²) in [6.45, 7) is 37.2. The van der Waals surface area contributed by atoms with Crippen LogP contribution in [0.15, 0.2) is 217 Å². The first kappa shape index (κ1) is 69.4. The molecule has 0 saturated heterocycles. The predicted molar refractivity (Wildman–Crippen MR) is 360 cm³/mol. The number of rotatable bonds is 16. The molecule has 0 spiro atoms. The second kappa shape index (κ2) is 28.6. The Labute approximate surface area is 552 Å². The molecule has 5 heteroatoms. The van der Waals surface area contributed by atoms with Crippen LogP contribution in [0.3, 0.4) is 0 Å². The molecule has 9 aromatic rings. The van der Waals surface area contributed by atoms with Gasteiger partial charge in [-0.25, -0.2) is 5.57 Å². The molecule has 440 valence electrons. The van der Waals surface area contributed by atoms with Gasteiger partial charge in [-0.2, -0.15) is 11.1 Å². The van der Waals surface area contributed by atoms with E-state index in [4.69, 9.17) is 0 Å². The van der Waals surface area contributed by atoms with Crippen molar-refractivity contribution in [1.82, 2.24) is 0 Å². The van der Waals surface area contributed by atoms with Gasteiger partial charge < -0.3 is 37.2 Å². The molecule has 9 aromatic carbocycles. The Morgan fingerprint density at radius 3 is 0.593 bits per heavy atom. The number of halogens is 3. The summed E-state index contributed by atoms with van der Waals surface area (Å²) in [6, 6.07) is 79.7. The zero-order valence-corrected chi connectivity index (χ0v) is 58.5. The van der Waals surface area contributed by atoms with Crippen LogP contribution in [0, 0.1) is 6.08 Å². The SMILES string of the molecule is CC1=[C-]C(C)([Si](c2cc(-c3ccc(C(C)C)cc3)cc(-c3ccc(C(C)C)cc3)c2)(c2cc(-c3ccc(C(C)C)cc3)cc(-c3ccc(C(C)C)cc3)c2)c2cc(-c3ccc(C(C)C)cc3)cc(-c3ccc(C(C)C)cc3)c2)C(C)=C1C.[Cl-].[Cl-].[Cl-].[Ti+4]. The van der Waals surface area contributed by atoms with Crippen molar-refractivity contribution in [2.24, 2.45) is 0 Å². The average molecular weight is 1240 g/mol. The fourth-order valence-electron chi connectivity index (χ4n) is 12.9. The quantitative estimate of drug-likeness (QED) is 0.0514. The normalized spacial score (nSPS) is 14.1. The van der Waals surface area contributed by atoms with E-state index < -0.39 is 13.1 Å². The van der Waals surface area contributed by atoms with E-state index in [-0.39, 0.29) is 58.9 Å². The summed E-state index contributed by atoms with van der Waals surface area (Å²) >= 11 is 0. The van der Waals surface area contributed by atoms with E-state index in [9.17, 15) is 0 Å². The monoisotopic (exact) mass is 1240 g/mol. The summed E-state index contributed by atoms with van der Waals surface area (Å²) in [7, 11) is -3.61. The van der Waals surface area contributed by atoms with Crippen LogP contribution < -0.4 is 52.8 Å². The molecular weight excluding hydrogens is 1160 g/mol. The first-order valence-electron chi connectivity index (χ1n) is 30.5. The number of hydrogen-bond acceptors (Lipinski definition) is 0. The molecule has 0 fully saturated rings. The van der Waals surface area contributed by atoms with Crippen LogP contribution in [0.1, 0.15) is 180 Å². The maximum atomic E-state index is 4.45. The molecule has 0 N–H and O–H groups in total. The number of benzene rings is 9. The van der Waals surface area contributed by atoms with E-state index in [1.807, 2.05) is 0 Å². The Bertz CT molecular complexity index is 3240. The third-order valence-electron chi connectivity index (χ3n) is 18.6. The molecule has 0 radical (unpaired) electrons. The molecule has 1 aliphatic rings. The van der Waals surface area contributed by atoms with Gasteiger partial charge in [0, 0.05) is 0 Å². The van der Waals surface area contributed by atoms with Crippen LogP contribution in [-0.2, 0) is 21.7 Å². The van der Waals surface area contributed by atoms with E-state index in [0.29, 0.717) is 35.5 Å². The van der Waals surface area contributed by atoms with Crippen molar-refractivity contribution in [1.29, 1.82) is 0 Å². The molecular formula is C81H87Cl3SiTi. The Hall–Kier alpha value is -5.74. The summed E-state index contributed by atoms with van der Waals surface area (Å²) in [5.74, 6) is 2.56. The molecule has 0 bridgehead atoms. The van der Waals surface area contributed by atoms with Gasteiger partial charge in [0.25, 0.3) is 0 Å². The molecule has 0 saturated carbocycles. The Morgan fingerprint density at radius 1 is 0.279 bits per heavy atom. The molecule has 0 amide bonds. The van der Waals surface area contributed by atoms with Gasteiger partial charge in [-0.05, 0) is 169 Å². The molecule has 0 aliphatic heterocycles. The average Bonchev–Trinajstić information content (AvgIpc) is 1.24. The standard InChI is InChI=1S/C81H87Si.3ClH.Ti/c1-51(2)60-17-29-66(30-18-60)72-41-73(67-31-19-61(20-32-67)52(3)4)45-78(44-72)82(81(16)50-57(13)58(14)59(81)15,79-46-74(68-33-21-62(22-34-68)53(5)6)42-75(47-79)69-35-23-63(24-36-69)54(7)8)80-48-76(70-37-25-64(26-38-70)55(9)10)43-77(49-80)71-39-27-65(28-40-71)56(11)12;;;;/h17-49,51-56H,1-16H3;3*1H;/q-1;;;;+4/p-3. The van der Waals surface area contributed by atoms with Crippen molar-refractivity contribution in [3.8, 4) is 66.8 Å². The maximum Gasteiger partial charge on any atom is 4.00 e. The first-order chi connectivity index (χ1) is 39.1. The zero-order valence-electron chi connectivity index (χ0n) is 53.7. The molecule has 10 rings (SSSR count). The largest absolute Gasteiger partial charge is 4.00 e. The van der Waals surface area contributed by atoms with Crippen molar-refractivity contribution < 1.29 is 58.9 Å². The third-order valence-corrected chi connectivity index (χ3v) is 24.1. The van der Waals surface area contributed by atoms with Crippen LogP contribution in [0.25, 0.3) is 66.8 Å². The molecule has 1 unspecified atom stereocenters. The van der Waals surface area contributed by atoms with Crippen LogP contribution in [0.5, 0.6) is 0 Å². The van der Waals surface area contributed by atoms with Crippen molar-refractivity contribution >= 4 is 23.6 Å². The first-order valence-corrected chi connectivity index (χ1v) is 32.5. The van der Waals surface area contributed by atoms with Gasteiger partial charge in [0.05, 0.1) is 0 Å². The summed E-state index contributed by atoms with van der Waals surface area (Å²) < 4.78 is 0. The molecule has 0 heterocycles. The topological polar surface area (TPSA) is 0 Å². The smallest absolute Gasteiger partial charge is 1.00 e. The van der Waals surface area contributed by atoms with E-state index >= 15 is 0 Å². The summed E-state index contributed by atoms with van der Waals surface area (Å²) in [6.07, 6.45) is 4.45. The fourth-order valence-corrected chi connectivity index (χ4v) is 18.9. The predicted octanol–water partition coefficient (Wildman–Crippen LogP) is 12.8. The second-order valence-electron chi connectivity index (χ2n) is 25.9. The van der Waals surface area contributed by atoms with E-state index in [1.165, 1.54) is 132 Å². The van der Waals surface area contributed by atoms with Gasteiger partial charge in [-0.15, -0.1) is 6.92 Å². The van der Waals surface area contributed by atoms with Gasteiger partial charge in [0.1, 0.15) is 8.07 Å². The Balaban J connectivity index is 0.00000296. The van der Waals surface area contributed by atoms with Gasteiger partial charge in [0.2, 0.25) is 0 Å². The van der Waals surface area contributed by atoms with Crippen molar-refractivity contribution in [3.05, 3.63) is 256 Å². The van der Waals surface area contributed by atoms with E-state index in [2.05, 4.69) is 317 Å². The number of allylic oxidation sites excluding steroid dienone is 4. The van der Waals surface area contributed by atoms with Crippen LogP contribution in [0.4, 0.5) is 0 Å². The molecule has 1 aliphatic carbocycles. The van der Waals surface area contributed by atoms with Crippen molar-refractivity contribution in [3.63, 3.8) is 0 Å². The van der Waals surface area contributed by atoms with Crippen LogP contribution in [0.2, 0.25) is 5.04 Å². The molecule has 1 atom stereocenters. The van der Waals surface area contributed by atoms with Crippen LogP contribution in [-0.4, -0.2) is 8.07 Å². The van der Waals surface area contributed by atoms with Gasteiger partial charge in [0.15, 0.2) is 0 Å².